The molecule has 0 aliphatic heterocycles. The van der Waals surface area contributed by atoms with Gasteiger partial charge in [-0.15, -0.1) is 0 Å². The molecule has 0 amide bonds. The van der Waals surface area contributed by atoms with Gasteiger partial charge in [0.1, 0.15) is 25.8 Å². The Morgan fingerprint density at radius 3 is 1.93 bits per heavy atom. The molecule has 0 heterocycles. The predicted octanol–water partition coefficient (Wildman–Crippen LogP) is 5.32. The smallest absolute Gasteiger partial charge is 0.338 e. The third-order valence-corrected chi connectivity index (χ3v) is 5.67. The number of rotatable bonds is 21. The van der Waals surface area contributed by atoms with Crippen LogP contribution in [0.25, 0.3) is 0 Å². The van der Waals surface area contributed by atoms with Crippen molar-refractivity contribution in [2.45, 2.75) is 32.5 Å². The van der Waals surface area contributed by atoms with Crippen molar-refractivity contribution in [1.29, 1.82) is 0 Å². The molecule has 0 saturated carbocycles. The predicted molar refractivity (Wildman–Crippen MR) is 151 cm³/mol. The van der Waals surface area contributed by atoms with Gasteiger partial charge in [0, 0.05) is 13.0 Å². The Kier molecular flexibility index (Phi) is 15.6. The van der Waals surface area contributed by atoms with Crippen molar-refractivity contribution < 1.29 is 42.7 Å². The van der Waals surface area contributed by atoms with Gasteiger partial charge < -0.3 is 33.2 Å². The number of esters is 2. The molecule has 3 aromatic rings. The number of ether oxygens (including phenoxy) is 7. The Bertz CT molecular complexity index is 1110. The first-order valence-corrected chi connectivity index (χ1v) is 13.6. The van der Waals surface area contributed by atoms with Crippen LogP contribution in [0.5, 0.6) is 5.75 Å². The first-order chi connectivity index (χ1) is 20.2. The van der Waals surface area contributed by atoms with E-state index in [9.17, 15) is 9.59 Å². The van der Waals surface area contributed by atoms with Crippen molar-refractivity contribution in [3.05, 3.63) is 102 Å². The summed E-state index contributed by atoms with van der Waals surface area (Å²) in [4.78, 5) is 23.8. The maximum atomic E-state index is 12.0. The quantitative estimate of drug-likeness (QED) is 0.0964. The number of hydrogen-bond acceptors (Lipinski definition) is 9. The molecule has 0 bridgehead atoms. The molecule has 0 spiro atoms. The van der Waals surface area contributed by atoms with Crippen LogP contribution in [0.1, 0.15) is 40.7 Å². The topological polar surface area (TPSA) is 98.8 Å². The molecule has 0 atom stereocenters. The van der Waals surface area contributed by atoms with E-state index in [0.717, 1.165) is 23.3 Å². The molecule has 0 saturated heterocycles. The van der Waals surface area contributed by atoms with Crippen LogP contribution in [0.4, 0.5) is 0 Å². The normalized spacial score (nSPS) is 10.7. The standard InChI is InChI=1S/C32H38O9/c33-31(39-22-21-35-19-20-37-26-41-30-11-5-2-6-12-30)13-7-8-18-36-25-38-23-27-14-16-28(17-15-27)24-40-32(34)29-9-3-1-4-10-29/h1-6,9-12,14-17H,7-8,13,18-26H2. The van der Waals surface area contributed by atoms with E-state index in [1.165, 1.54) is 0 Å². The van der Waals surface area contributed by atoms with Crippen LogP contribution >= 0.6 is 0 Å². The van der Waals surface area contributed by atoms with Crippen molar-refractivity contribution in [3.8, 4) is 5.75 Å². The number of para-hydroxylation sites is 1. The van der Waals surface area contributed by atoms with E-state index in [-0.39, 0.29) is 38.7 Å². The molecule has 0 aliphatic rings. The molecule has 41 heavy (non-hydrogen) atoms. The largest absolute Gasteiger partial charge is 0.468 e. The van der Waals surface area contributed by atoms with Crippen LogP contribution in [0.2, 0.25) is 0 Å². The van der Waals surface area contributed by atoms with Gasteiger partial charge in [0.05, 0.1) is 32.0 Å². The third-order valence-electron chi connectivity index (χ3n) is 5.67. The average Bonchev–Trinajstić information content (AvgIpc) is 3.01. The van der Waals surface area contributed by atoms with Gasteiger partial charge in [-0.2, -0.15) is 0 Å². The van der Waals surface area contributed by atoms with Crippen LogP contribution < -0.4 is 4.74 Å². The van der Waals surface area contributed by atoms with E-state index in [2.05, 4.69) is 0 Å². The monoisotopic (exact) mass is 566 g/mol. The van der Waals surface area contributed by atoms with Crippen LogP contribution in [-0.4, -0.2) is 58.6 Å². The highest BCUT2D eigenvalue weighted by atomic mass is 16.7. The molecule has 0 aliphatic carbocycles. The molecule has 0 unspecified atom stereocenters. The molecule has 9 nitrogen and oxygen atoms in total. The summed E-state index contributed by atoms with van der Waals surface area (Å²) in [7, 11) is 0. The summed E-state index contributed by atoms with van der Waals surface area (Å²) < 4.78 is 37.6. The zero-order valence-corrected chi connectivity index (χ0v) is 23.2. The number of unbranched alkanes of at least 4 members (excludes halogenated alkanes) is 1. The second-order valence-electron chi connectivity index (χ2n) is 8.91. The van der Waals surface area contributed by atoms with Gasteiger partial charge in [-0.1, -0.05) is 60.7 Å². The van der Waals surface area contributed by atoms with Gasteiger partial charge in [0.15, 0.2) is 6.79 Å². The lowest BCUT2D eigenvalue weighted by molar-refractivity contribution is -0.145. The van der Waals surface area contributed by atoms with E-state index in [1.54, 1.807) is 24.3 Å². The Hall–Kier alpha value is -3.76. The fourth-order valence-electron chi connectivity index (χ4n) is 3.48. The summed E-state index contributed by atoms with van der Waals surface area (Å²) in [5.41, 5.74) is 2.42. The molecule has 0 radical (unpaired) electrons. The second-order valence-corrected chi connectivity index (χ2v) is 8.91. The highest BCUT2D eigenvalue weighted by Crippen LogP contribution is 2.10. The molecule has 9 heteroatoms. The average molecular weight is 567 g/mol. The summed E-state index contributed by atoms with van der Waals surface area (Å²) >= 11 is 0. The van der Waals surface area contributed by atoms with Crippen LogP contribution in [0.15, 0.2) is 84.9 Å². The minimum absolute atomic E-state index is 0.156. The maximum absolute atomic E-state index is 12.0. The number of carbonyl (C=O) groups is 2. The Balaban J connectivity index is 1.08. The summed E-state index contributed by atoms with van der Waals surface area (Å²) in [5.74, 6) is 0.150. The minimum atomic E-state index is -0.346. The first-order valence-electron chi connectivity index (χ1n) is 13.6. The van der Waals surface area contributed by atoms with Crippen LogP contribution in [-0.2, 0) is 46.4 Å². The Morgan fingerprint density at radius 1 is 0.537 bits per heavy atom. The lowest BCUT2D eigenvalue weighted by atomic mass is 10.1. The first kappa shape index (κ1) is 31.8. The van der Waals surface area contributed by atoms with E-state index >= 15 is 0 Å². The zero-order valence-electron chi connectivity index (χ0n) is 23.2. The third kappa shape index (κ3) is 14.4. The van der Waals surface area contributed by atoms with Gasteiger partial charge in [-0.25, -0.2) is 4.79 Å². The minimum Gasteiger partial charge on any atom is -0.468 e. The highest BCUT2D eigenvalue weighted by Gasteiger charge is 2.06. The number of carbonyl (C=O) groups excluding carboxylic acids is 2. The number of hydrogen-bond donors (Lipinski definition) is 0. The molecular weight excluding hydrogens is 528 g/mol. The second kappa shape index (κ2) is 20.2. The SMILES string of the molecule is O=C(CCCCOCOCc1ccc(COC(=O)c2ccccc2)cc1)OCCOCCOCOc1ccccc1. The van der Waals surface area contributed by atoms with Crippen molar-refractivity contribution in [3.63, 3.8) is 0 Å². The highest BCUT2D eigenvalue weighted by molar-refractivity contribution is 5.89. The molecule has 0 N–H and O–H groups in total. The Labute approximate surface area is 241 Å². The van der Waals surface area contributed by atoms with E-state index in [4.69, 9.17) is 33.2 Å². The van der Waals surface area contributed by atoms with Gasteiger partial charge >= 0.3 is 11.9 Å². The summed E-state index contributed by atoms with van der Waals surface area (Å²) in [6.07, 6.45) is 1.73. The van der Waals surface area contributed by atoms with E-state index in [1.807, 2.05) is 60.7 Å². The van der Waals surface area contributed by atoms with E-state index < -0.39 is 0 Å². The fraction of sp³-hybridized carbons (Fsp3) is 0.375. The fourth-order valence-corrected chi connectivity index (χ4v) is 3.48. The maximum Gasteiger partial charge on any atom is 0.338 e. The van der Waals surface area contributed by atoms with Gasteiger partial charge in [0.2, 0.25) is 0 Å². The van der Waals surface area contributed by atoms with Gasteiger partial charge in [-0.05, 0) is 48.2 Å². The van der Waals surface area contributed by atoms with Crippen molar-refractivity contribution >= 4 is 11.9 Å². The molecule has 220 valence electrons. The van der Waals surface area contributed by atoms with E-state index in [0.29, 0.717) is 51.4 Å². The summed E-state index contributed by atoms with van der Waals surface area (Å²) in [6, 6.07) is 26.0. The van der Waals surface area contributed by atoms with Crippen molar-refractivity contribution in [2.75, 3.05) is 46.6 Å². The van der Waals surface area contributed by atoms with Crippen LogP contribution in [0, 0.1) is 0 Å². The van der Waals surface area contributed by atoms with Crippen molar-refractivity contribution in [1.82, 2.24) is 0 Å². The van der Waals surface area contributed by atoms with Crippen molar-refractivity contribution in [2.24, 2.45) is 0 Å². The number of benzene rings is 3. The Morgan fingerprint density at radius 2 is 1.17 bits per heavy atom. The van der Waals surface area contributed by atoms with Gasteiger partial charge in [0.25, 0.3) is 0 Å². The molecule has 0 aromatic heterocycles. The molecule has 3 rings (SSSR count). The zero-order chi connectivity index (χ0) is 28.8. The lowest BCUT2D eigenvalue weighted by Gasteiger charge is -2.09. The van der Waals surface area contributed by atoms with Gasteiger partial charge in [-0.3, -0.25) is 4.79 Å². The van der Waals surface area contributed by atoms with Crippen LogP contribution in [0.3, 0.4) is 0 Å². The molecule has 3 aromatic carbocycles. The summed E-state index contributed by atoms with van der Waals surface area (Å²) in [5, 5.41) is 0. The summed E-state index contributed by atoms with van der Waals surface area (Å²) in [6.45, 7) is 2.76. The molecular formula is C32H38O9. The lowest BCUT2D eigenvalue weighted by Crippen LogP contribution is -2.14. The molecule has 0 fully saturated rings.